The number of carbonyl (C=O) groups is 1. The highest BCUT2D eigenvalue weighted by molar-refractivity contribution is 5.88. The van der Waals surface area contributed by atoms with Crippen molar-refractivity contribution in [1.29, 1.82) is 0 Å². The first kappa shape index (κ1) is 8.75. The van der Waals surface area contributed by atoms with Crippen LogP contribution < -0.4 is 0 Å². The third-order valence-corrected chi connectivity index (χ3v) is 2.03. The third-order valence-electron chi connectivity index (χ3n) is 2.03. The minimum absolute atomic E-state index is 0.285. The maximum Gasteiger partial charge on any atom is 0.331 e. The Labute approximate surface area is 82.5 Å². The second kappa shape index (κ2) is 3.92. The third kappa shape index (κ3) is 1.91. The molecule has 0 amide bonds. The molecule has 0 N–H and O–H groups in total. The lowest BCUT2D eigenvalue weighted by molar-refractivity contribution is -0.136. The second-order valence-corrected chi connectivity index (χ2v) is 2.99. The smallest absolute Gasteiger partial charge is 0.331 e. The summed E-state index contributed by atoms with van der Waals surface area (Å²) in [5.74, 6) is -0.285. The summed E-state index contributed by atoms with van der Waals surface area (Å²) >= 11 is 0. The normalized spacial score (nSPS) is 15.7. The summed E-state index contributed by atoms with van der Waals surface area (Å²) in [5, 5.41) is 0. The van der Waals surface area contributed by atoms with Crippen molar-refractivity contribution in [3.05, 3.63) is 54.1 Å². The zero-order valence-electron chi connectivity index (χ0n) is 7.64. The molecule has 0 spiro atoms. The molecule has 1 aliphatic rings. The van der Waals surface area contributed by atoms with Gasteiger partial charge in [-0.2, -0.15) is 0 Å². The number of esters is 1. The van der Waals surface area contributed by atoms with Gasteiger partial charge in [-0.1, -0.05) is 30.3 Å². The fourth-order valence-corrected chi connectivity index (χ4v) is 1.33. The van der Waals surface area contributed by atoms with Gasteiger partial charge in [-0.3, -0.25) is 0 Å². The largest absolute Gasteiger partial charge is 0.458 e. The van der Waals surface area contributed by atoms with Crippen molar-refractivity contribution in [2.24, 2.45) is 0 Å². The molecule has 1 aliphatic heterocycles. The van der Waals surface area contributed by atoms with Crippen LogP contribution in [0.2, 0.25) is 0 Å². The zero-order chi connectivity index (χ0) is 9.80. The lowest BCUT2D eigenvalue weighted by atomic mass is 10.1. The molecule has 1 heterocycles. The van der Waals surface area contributed by atoms with E-state index in [-0.39, 0.29) is 5.97 Å². The van der Waals surface area contributed by atoms with Crippen LogP contribution in [0.25, 0.3) is 5.57 Å². The monoisotopic (exact) mass is 186 g/mol. The van der Waals surface area contributed by atoms with Crippen LogP contribution in [0.3, 0.4) is 0 Å². The molecule has 0 bridgehead atoms. The molecule has 0 fully saturated rings. The molecule has 0 unspecified atom stereocenters. The van der Waals surface area contributed by atoms with Crippen molar-refractivity contribution in [2.75, 3.05) is 6.61 Å². The van der Waals surface area contributed by atoms with Crippen LogP contribution in [-0.4, -0.2) is 12.6 Å². The van der Waals surface area contributed by atoms with Gasteiger partial charge in [-0.25, -0.2) is 4.79 Å². The molecule has 0 aliphatic carbocycles. The van der Waals surface area contributed by atoms with E-state index in [1.165, 1.54) is 6.08 Å². The number of carbonyl (C=O) groups excluding carboxylic acids is 1. The van der Waals surface area contributed by atoms with Crippen LogP contribution in [-0.2, 0) is 9.53 Å². The van der Waals surface area contributed by atoms with Crippen molar-refractivity contribution >= 4 is 11.5 Å². The van der Waals surface area contributed by atoms with Gasteiger partial charge >= 0.3 is 5.97 Å². The molecule has 14 heavy (non-hydrogen) atoms. The van der Waals surface area contributed by atoms with Gasteiger partial charge in [0, 0.05) is 6.08 Å². The molecule has 2 heteroatoms. The van der Waals surface area contributed by atoms with E-state index in [9.17, 15) is 4.79 Å². The predicted molar refractivity (Wildman–Crippen MR) is 54.5 cm³/mol. The standard InChI is InChI=1S/C12H10O2/c13-12-7-6-11(8-9-14-12)10-4-2-1-3-5-10/h1-8H,9H2. The summed E-state index contributed by atoms with van der Waals surface area (Å²) in [6.07, 6.45) is 5.13. The number of benzene rings is 1. The first-order valence-corrected chi connectivity index (χ1v) is 4.47. The summed E-state index contributed by atoms with van der Waals surface area (Å²) in [6, 6.07) is 9.92. The van der Waals surface area contributed by atoms with E-state index < -0.39 is 0 Å². The molecule has 2 nitrogen and oxygen atoms in total. The number of allylic oxidation sites excluding steroid dienone is 2. The Kier molecular flexibility index (Phi) is 2.45. The van der Waals surface area contributed by atoms with Crippen LogP contribution in [0.1, 0.15) is 5.56 Å². The number of ether oxygens (including phenoxy) is 1. The van der Waals surface area contributed by atoms with E-state index >= 15 is 0 Å². The molecule has 1 aromatic rings. The molecule has 0 aromatic heterocycles. The Hall–Kier alpha value is -1.83. The maximum absolute atomic E-state index is 10.9. The average molecular weight is 186 g/mol. The summed E-state index contributed by atoms with van der Waals surface area (Å²) in [5.41, 5.74) is 2.12. The quantitative estimate of drug-likeness (QED) is 0.628. The molecule has 2 rings (SSSR count). The van der Waals surface area contributed by atoms with Crippen LogP contribution in [0.4, 0.5) is 0 Å². The molecular formula is C12H10O2. The van der Waals surface area contributed by atoms with E-state index in [1.807, 2.05) is 36.4 Å². The molecule has 1 aromatic carbocycles. The molecule has 0 radical (unpaired) electrons. The SMILES string of the molecule is O=C1C=CC(c2ccccc2)=CCO1. The van der Waals surface area contributed by atoms with Gasteiger partial charge in [0.15, 0.2) is 0 Å². The fraction of sp³-hybridized carbons (Fsp3) is 0.0833. The van der Waals surface area contributed by atoms with Gasteiger partial charge < -0.3 is 4.74 Å². The first-order valence-electron chi connectivity index (χ1n) is 4.47. The Morgan fingerprint density at radius 1 is 1.07 bits per heavy atom. The van der Waals surface area contributed by atoms with Crippen molar-refractivity contribution in [3.63, 3.8) is 0 Å². The molecule has 0 saturated carbocycles. The zero-order valence-corrected chi connectivity index (χ0v) is 7.64. The van der Waals surface area contributed by atoms with Gasteiger partial charge in [0.05, 0.1) is 0 Å². The van der Waals surface area contributed by atoms with Crippen molar-refractivity contribution < 1.29 is 9.53 Å². The van der Waals surface area contributed by atoms with Gasteiger partial charge in [0.2, 0.25) is 0 Å². The Morgan fingerprint density at radius 3 is 2.64 bits per heavy atom. The van der Waals surface area contributed by atoms with E-state index in [4.69, 9.17) is 4.74 Å². The van der Waals surface area contributed by atoms with E-state index in [1.54, 1.807) is 6.08 Å². The van der Waals surface area contributed by atoms with Crippen LogP contribution in [0.5, 0.6) is 0 Å². The Balaban J connectivity index is 2.30. The summed E-state index contributed by atoms with van der Waals surface area (Å²) in [7, 11) is 0. The molecule has 0 atom stereocenters. The molecule has 0 saturated heterocycles. The lowest BCUT2D eigenvalue weighted by Gasteiger charge is -1.99. The minimum Gasteiger partial charge on any atom is -0.458 e. The van der Waals surface area contributed by atoms with Gasteiger partial charge in [0.25, 0.3) is 0 Å². The van der Waals surface area contributed by atoms with E-state index in [0.29, 0.717) is 6.61 Å². The highest BCUT2D eigenvalue weighted by Crippen LogP contribution is 2.16. The summed E-state index contributed by atoms with van der Waals surface area (Å²) < 4.78 is 4.85. The first-order chi connectivity index (χ1) is 6.86. The van der Waals surface area contributed by atoms with Crippen LogP contribution in [0.15, 0.2) is 48.6 Å². The van der Waals surface area contributed by atoms with Crippen LogP contribution >= 0.6 is 0 Å². The molecular weight excluding hydrogens is 176 g/mol. The second-order valence-electron chi connectivity index (χ2n) is 2.99. The van der Waals surface area contributed by atoms with Gasteiger partial charge in [-0.05, 0) is 23.3 Å². The Morgan fingerprint density at radius 2 is 1.86 bits per heavy atom. The lowest BCUT2D eigenvalue weighted by Crippen LogP contribution is -1.97. The van der Waals surface area contributed by atoms with Gasteiger partial charge in [0.1, 0.15) is 6.61 Å². The van der Waals surface area contributed by atoms with E-state index in [2.05, 4.69) is 0 Å². The maximum atomic E-state index is 10.9. The van der Waals surface area contributed by atoms with Crippen molar-refractivity contribution in [1.82, 2.24) is 0 Å². The molecule has 70 valence electrons. The number of hydrogen-bond donors (Lipinski definition) is 0. The fourth-order valence-electron chi connectivity index (χ4n) is 1.33. The highest BCUT2D eigenvalue weighted by atomic mass is 16.5. The summed E-state index contributed by atoms with van der Waals surface area (Å²) in [6.45, 7) is 0.343. The van der Waals surface area contributed by atoms with Crippen molar-refractivity contribution in [2.45, 2.75) is 0 Å². The average Bonchev–Trinajstić information content (AvgIpc) is 2.44. The highest BCUT2D eigenvalue weighted by Gasteiger charge is 2.03. The summed E-state index contributed by atoms with van der Waals surface area (Å²) in [4.78, 5) is 10.9. The van der Waals surface area contributed by atoms with Crippen LogP contribution in [0, 0.1) is 0 Å². The number of rotatable bonds is 1. The van der Waals surface area contributed by atoms with Crippen molar-refractivity contribution in [3.8, 4) is 0 Å². The number of cyclic esters (lactones) is 1. The topological polar surface area (TPSA) is 26.3 Å². The van der Waals surface area contributed by atoms with Gasteiger partial charge in [-0.15, -0.1) is 0 Å². The Bertz CT molecular complexity index is 388. The minimum atomic E-state index is -0.285. The number of hydrogen-bond acceptors (Lipinski definition) is 2. The van der Waals surface area contributed by atoms with E-state index in [0.717, 1.165) is 11.1 Å². The predicted octanol–water partition coefficient (Wildman–Crippen LogP) is 2.18.